The molecule has 0 aliphatic carbocycles. The van der Waals surface area contributed by atoms with Crippen molar-refractivity contribution in [3.8, 4) is 0 Å². The first-order valence-corrected chi connectivity index (χ1v) is 9.65. The maximum atomic E-state index is 10.6. The average molecular weight is 427 g/mol. The zero-order valence-corrected chi connectivity index (χ0v) is 16.3. The lowest BCUT2D eigenvalue weighted by Crippen LogP contribution is -2.60. The zero-order valence-electron chi connectivity index (χ0n) is 14.8. The predicted octanol–water partition coefficient (Wildman–Crippen LogP) is 2.64. The van der Waals surface area contributed by atoms with Gasteiger partial charge in [0.15, 0.2) is 0 Å². The van der Waals surface area contributed by atoms with Crippen LogP contribution in [0.15, 0.2) is 60.7 Å². The third-order valence-electron chi connectivity index (χ3n) is 4.80. The van der Waals surface area contributed by atoms with Crippen molar-refractivity contribution in [2.75, 3.05) is 13.2 Å². The molecule has 2 aliphatic heterocycles. The Labute approximate surface area is 172 Å². The molecule has 6 atom stereocenters. The number of hydrogen-bond acceptors (Lipinski definition) is 6. The van der Waals surface area contributed by atoms with Gasteiger partial charge >= 0.3 is 0 Å². The van der Waals surface area contributed by atoms with Gasteiger partial charge in [-0.1, -0.05) is 83.9 Å². The van der Waals surface area contributed by atoms with Crippen molar-refractivity contribution in [2.24, 2.45) is 0 Å². The van der Waals surface area contributed by atoms with E-state index in [1.54, 1.807) is 48.5 Å². The van der Waals surface area contributed by atoms with E-state index in [1.807, 2.05) is 12.1 Å². The molecule has 2 heterocycles. The number of fused-ring (bicyclic) bond motifs is 1. The van der Waals surface area contributed by atoms with E-state index >= 15 is 0 Å². The number of benzene rings is 2. The second-order valence-corrected chi connectivity index (χ2v) is 7.72. The summed E-state index contributed by atoms with van der Waals surface area (Å²) in [5.74, 6) is 0. The maximum Gasteiger partial charge on any atom is 0.276 e. The molecule has 2 aromatic carbocycles. The third kappa shape index (κ3) is 3.79. The zero-order chi connectivity index (χ0) is 19.8. The van der Waals surface area contributed by atoms with Gasteiger partial charge in [0, 0.05) is 11.1 Å². The van der Waals surface area contributed by atoms with Gasteiger partial charge in [-0.05, 0) is 0 Å². The Hall–Kier alpha value is -1.22. The minimum Gasteiger partial charge on any atom is -0.388 e. The van der Waals surface area contributed by atoms with E-state index in [4.69, 9.17) is 42.1 Å². The van der Waals surface area contributed by atoms with Gasteiger partial charge in [0.1, 0.15) is 24.4 Å². The van der Waals surface area contributed by atoms with Crippen molar-refractivity contribution >= 4 is 23.2 Å². The van der Waals surface area contributed by atoms with E-state index in [-0.39, 0.29) is 13.2 Å². The van der Waals surface area contributed by atoms with Gasteiger partial charge in [-0.2, -0.15) is 0 Å². The van der Waals surface area contributed by atoms with Crippen molar-refractivity contribution in [1.29, 1.82) is 0 Å². The molecule has 2 aliphatic rings. The molecule has 2 N–H and O–H groups in total. The highest BCUT2D eigenvalue weighted by molar-refractivity contribution is 6.22. The molecule has 6 nitrogen and oxygen atoms in total. The van der Waals surface area contributed by atoms with Crippen LogP contribution in [0.2, 0.25) is 0 Å². The van der Waals surface area contributed by atoms with Crippen molar-refractivity contribution in [3.63, 3.8) is 0 Å². The Morgan fingerprint density at radius 1 is 0.750 bits per heavy atom. The van der Waals surface area contributed by atoms with Crippen LogP contribution in [-0.4, -0.2) is 47.8 Å². The monoisotopic (exact) mass is 426 g/mol. The van der Waals surface area contributed by atoms with Gasteiger partial charge in [-0.25, -0.2) is 0 Å². The molecule has 8 heteroatoms. The molecule has 0 amide bonds. The summed E-state index contributed by atoms with van der Waals surface area (Å²) in [6.45, 7) is -0.287. The molecule has 0 bridgehead atoms. The molecule has 0 aromatic heterocycles. The highest BCUT2D eigenvalue weighted by Gasteiger charge is 2.52. The van der Waals surface area contributed by atoms with E-state index < -0.39 is 34.9 Å². The highest BCUT2D eigenvalue weighted by Crippen LogP contribution is 2.43. The molecule has 0 spiro atoms. The number of aliphatic hydroxyl groups is 2. The van der Waals surface area contributed by atoms with Crippen molar-refractivity contribution in [2.45, 2.75) is 34.9 Å². The van der Waals surface area contributed by atoms with Crippen LogP contribution in [0.4, 0.5) is 0 Å². The summed E-state index contributed by atoms with van der Waals surface area (Å²) in [6.07, 6.45) is -4.40. The normalized spacial score (nSPS) is 38.9. The van der Waals surface area contributed by atoms with Crippen LogP contribution < -0.4 is 0 Å². The quantitative estimate of drug-likeness (QED) is 0.718. The molecule has 4 rings (SSSR count). The van der Waals surface area contributed by atoms with E-state index in [2.05, 4.69) is 0 Å². The summed E-state index contributed by atoms with van der Waals surface area (Å²) < 4.78 is 23.2. The smallest absolute Gasteiger partial charge is 0.276 e. The van der Waals surface area contributed by atoms with Crippen molar-refractivity contribution in [1.82, 2.24) is 0 Å². The topological polar surface area (TPSA) is 77.4 Å². The minimum absolute atomic E-state index is 0.0303. The van der Waals surface area contributed by atoms with Gasteiger partial charge in [-0.15, -0.1) is 0 Å². The lowest BCUT2D eigenvalue weighted by molar-refractivity contribution is -0.357. The molecule has 0 radical (unpaired) electrons. The van der Waals surface area contributed by atoms with Crippen LogP contribution in [0.5, 0.6) is 0 Å². The van der Waals surface area contributed by atoms with Crippen LogP contribution in [0, 0.1) is 0 Å². The molecule has 2 unspecified atom stereocenters. The summed E-state index contributed by atoms with van der Waals surface area (Å²) in [7, 11) is 0. The van der Waals surface area contributed by atoms with Crippen molar-refractivity contribution in [3.05, 3.63) is 71.8 Å². The number of rotatable bonds is 2. The van der Waals surface area contributed by atoms with Gasteiger partial charge in [0.2, 0.25) is 0 Å². The maximum absolute atomic E-state index is 10.6. The fraction of sp³-hybridized carbons (Fsp3) is 0.400. The molecule has 2 fully saturated rings. The van der Waals surface area contributed by atoms with Crippen LogP contribution >= 0.6 is 23.2 Å². The number of halogens is 2. The molecular formula is C20H20Cl2O6. The SMILES string of the molecule is O[C@@H]1[C@H]2OC(Cl)(c3ccccc3)OC[C@H]2OC(Cl)(c2ccccc2)OC[C@@H]1O. The predicted molar refractivity (Wildman–Crippen MR) is 102 cm³/mol. The van der Waals surface area contributed by atoms with Gasteiger partial charge in [0.05, 0.1) is 13.2 Å². The molecule has 28 heavy (non-hydrogen) atoms. The first-order chi connectivity index (χ1) is 13.4. The number of ether oxygens (including phenoxy) is 4. The molecule has 2 saturated heterocycles. The van der Waals surface area contributed by atoms with E-state index in [0.29, 0.717) is 11.1 Å². The Kier molecular flexibility index (Phi) is 5.66. The highest BCUT2D eigenvalue weighted by atomic mass is 35.5. The Balaban J connectivity index is 1.64. The average Bonchev–Trinajstić information content (AvgIpc) is 2.73. The van der Waals surface area contributed by atoms with Crippen LogP contribution in [0.3, 0.4) is 0 Å². The molecule has 0 saturated carbocycles. The fourth-order valence-corrected chi connectivity index (χ4v) is 3.87. The second-order valence-electron chi connectivity index (χ2n) is 6.72. The summed E-state index contributed by atoms with van der Waals surface area (Å²) in [5.41, 5.74) is 1.11. The summed E-state index contributed by atoms with van der Waals surface area (Å²) in [6, 6.07) is 17.8. The Morgan fingerprint density at radius 3 is 1.82 bits per heavy atom. The van der Waals surface area contributed by atoms with Crippen LogP contribution in [-0.2, 0) is 29.4 Å². The third-order valence-corrected chi connectivity index (χ3v) is 5.63. The first kappa shape index (κ1) is 20.1. The van der Waals surface area contributed by atoms with Gasteiger partial charge in [0.25, 0.3) is 10.5 Å². The Morgan fingerprint density at radius 2 is 1.25 bits per heavy atom. The summed E-state index contributed by atoms with van der Waals surface area (Å²) in [4.78, 5) is 0. The lowest BCUT2D eigenvalue weighted by atomic mass is 10.0. The number of alkyl halides is 2. The van der Waals surface area contributed by atoms with E-state index in [9.17, 15) is 10.2 Å². The van der Waals surface area contributed by atoms with Crippen molar-refractivity contribution < 1.29 is 29.2 Å². The Bertz CT molecular complexity index is 794. The van der Waals surface area contributed by atoms with E-state index in [0.717, 1.165) is 0 Å². The summed E-state index contributed by atoms with van der Waals surface area (Å²) in [5, 5.41) is 17.7. The fourth-order valence-electron chi connectivity index (χ4n) is 3.28. The molecule has 150 valence electrons. The largest absolute Gasteiger partial charge is 0.388 e. The minimum atomic E-state index is -1.67. The number of aliphatic hydroxyl groups excluding tert-OH is 2. The summed E-state index contributed by atoms with van der Waals surface area (Å²) >= 11 is 13.2. The molecular weight excluding hydrogens is 407 g/mol. The molecule has 2 aromatic rings. The van der Waals surface area contributed by atoms with Gasteiger partial charge < -0.3 is 29.2 Å². The first-order valence-electron chi connectivity index (χ1n) is 8.90. The second kappa shape index (κ2) is 7.89. The van der Waals surface area contributed by atoms with Crippen LogP contribution in [0.25, 0.3) is 0 Å². The number of hydrogen-bond donors (Lipinski definition) is 2. The van der Waals surface area contributed by atoms with E-state index in [1.165, 1.54) is 0 Å². The van der Waals surface area contributed by atoms with Gasteiger partial charge in [-0.3, -0.25) is 0 Å². The van der Waals surface area contributed by atoms with Crippen LogP contribution in [0.1, 0.15) is 11.1 Å². The standard InChI is InChI=1S/C20H20Cl2O6/c21-19(13-7-3-1-4-8-13)25-11-15(23)17(24)18-16(27-19)12-26-20(22,28-18)14-9-5-2-6-10-14/h1-10,15-18,23-24H,11-12H2/t15-,16+,17-,18-,19?,20?/m0/s1. The lowest BCUT2D eigenvalue weighted by Gasteiger charge is -2.47.